The highest BCUT2D eigenvalue weighted by Crippen LogP contribution is 2.36. The minimum absolute atomic E-state index is 0. The van der Waals surface area contributed by atoms with Crippen LogP contribution in [0.3, 0.4) is 0 Å². The predicted octanol–water partition coefficient (Wildman–Crippen LogP) is 2.62. The molecule has 2 aliphatic heterocycles. The van der Waals surface area contributed by atoms with E-state index in [0.717, 1.165) is 17.6 Å². The van der Waals surface area contributed by atoms with Crippen molar-refractivity contribution in [1.82, 2.24) is 25.0 Å². The zero-order chi connectivity index (χ0) is 15.2. The molecule has 1 spiro atoms. The van der Waals surface area contributed by atoms with Gasteiger partial charge in [-0.25, -0.2) is 9.67 Å². The lowest BCUT2D eigenvalue weighted by atomic mass is 9.87. The summed E-state index contributed by atoms with van der Waals surface area (Å²) >= 11 is 0. The summed E-state index contributed by atoms with van der Waals surface area (Å²) in [5.41, 5.74) is 2.84. The first-order chi connectivity index (χ1) is 10.7. The van der Waals surface area contributed by atoms with E-state index in [2.05, 4.69) is 40.2 Å². The Bertz CT molecular complexity index is 675. The highest BCUT2D eigenvalue weighted by molar-refractivity contribution is 5.85. The average Bonchev–Trinajstić information content (AvgIpc) is 3.20. The Hall–Kier alpha value is -1.17. The highest BCUT2D eigenvalue weighted by Gasteiger charge is 2.40. The number of nitrogens with one attached hydrogen (secondary N) is 1. The fourth-order valence-corrected chi connectivity index (χ4v) is 4.01. The molecule has 1 atom stereocenters. The van der Waals surface area contributed by atoms with Crippen LogP contribution < -0.4 is 5.32 Å². The van der Waals surface area contributed by atoms with Crippen molar-refractivity contribution in [1.29, 1.82) is 0 Å². The highest BCUT2D eigenvalue weighted by atomic mass is 35.5. The van der Waals surface area contributed by atoms with E-state index in [1.165, 1.54) is 44.6 Å². The number of hydrogen-bond donors (Lipinski definition) is 1. The van der Waals surface area contributed by atoms with Crippen molar-refractivity contribution in [3.05, 3.63) is 24.0 Å². The van der Waals surface area contributed by atoms with Crippen molar-refractivity contribution in [3.63, 3.8) is 0 Å². The van der Waals surface area contributed by atoms with Gasteiger partial charge in [0, 0.05) is 37.3 Å². The molecule has 23 heavy (non-hydrogen) atoms. The van der Waals surface area contributed by atoms with Crippen LogP contribution in [0.2, 0.25) is 0 Å². The van der Waals surface area contributed by atoms with Crippen LogP contribution >= 0.6 is 12.4 Å². The van der Waals surface area contributed by atoms with E-state index in [9.17, 15) is 0 Å². The van der Waals surface area contributed by atoms with Gasteiger partial charge in [-0.05, 0) is 56.8 Å². The summed E-state index contributed by atoms with van der Waals surface area (Å²) in [6.45, 7) is 10.1. The van der Waals surface area contributed by atoms with Crippen LogP contribution in [0.4, 0.5) is 0 Å². The maximum Gasteiger partial charge on any atom is 0.157 e. The van der Waals surface area contributed by atoms with Gasteiger partial charge in [-0.3, -0.25) is 4.90 Å². The SMILES string of the molecule is CC(C)n1ncc2cc(CN3CCC4(CCNC4)C3)cnc21.Cl. The quantitative estimate of drug-likeness (QED) is 0.936. The summed E-state index contributed by atoms with van der Waals surface area (Å²) in [7, 11) is 0. The van der Waals surface area contributed by atoms with Crippen molar-refractivity contribution in [3.8, 4) is 0 Å². The average molecular weight is 336 g/mol. The first-order valence-corrected chi connectivity index (χ1v) is 8.40. The largest absolute Gasteiger partial charge is 0.316 e. The van der Waals surface area contributed by atoms with Gasteiger partial charge in [0.15, 0.2) is 5.65 Å². The van der Waals surface area contributed by atoms with Crippen LogP contribution in [-0.4, -0.2) is 45.8 Å². The van der Waals surface area contributed by atoms with E-state index >= 15 is 0 Å². The van der Waals surface area contributed by atoms with Gasteiger partial charge in [0.2, 0.25) is 0 Å². The summed E-state index contributed by atoms with van der Waals surface area (Å²) in [4.78, 5) is 7.24. The molecule has 1 unspecified atom stereocenters. The van der Waals surface area contributed by atoms with Crippen molar-refractivity contribution in [2.75, 3.05) is 26.2 Å². The standard InChI is InChI=1S/C17H25N5.ClH/c1-13(2)22-16-15(9-20-22)7-14(8-19-16)10-21-6-4-17(12-21)3-5-18-11-17;/h7-9,13,18H,3-6,10-12H2,1-2H3;1H. The van der Waals surface area contributed by atoms with Gasteiger partial charge in [0.25, 0.3) is 0 Å². The monoisotopic (exact) mass is 335 g/mol. The van der Waals surface area contributed by atoms with E-state index in [-0.39, 0.29) is 12.4 Å². The van der Waals surface area contributed by atoms with Crippen LogP contribution in [0.1, 0.15) is 38.3 Å². The Morgan fingerprint density at radius 2 is 2.17 bits per heavy atom. The Balaban J connectivity index is 0.00000156. The van der Waals surface area contributed by atoms with Gasteiger partial charge in [-0.2, -0.15) is 5.10 Å². The number of aromatic nitrogens is 3. The molecule has 0 aromatic carbocycles. The van der Waals surface area contributed by atoms with Crippen molar-refractivity contribution in [2.45, 2.75) is 39.3 Å². The zero-order valence-electron chi connectivity index (χ0n) is 14.0. The lowest BCUT2D eigenvalue weighted by molar-refractivity contribution is 0.268. The van der Waals surface area contributed by atoms with E-state index in [0.29, 0.717) is 11.5 Å². The smallest absolute Gasteiger partial charge is 0.157 e. The normalized spacial score (nSPS) is 24.8. The maximum absolute atomic E-state index is 4.65. The number of hydrogen-bond acceptors (Lipinski definition) is 4. The summed E-state index contributed by atoms with van der Waals surface area (Å²) in [5, 5.41) is 9.14. The summed E-state index contributed by atoms with van der Waals surface area (Å²) in [6.07, 6.45) is 6.64. The molecule has 126 valence electrons. The molecule has 2 aromatic heterocycles. The molecular weight excluding hydrogens is 310 g/mol. The van der Waals surface area contributed by atoms with E-state index < -0.39 is 0 Å². The number of fused-ring (bicyclic) bond motifs is 1. The van der Waals surface area contributed by atoms with Crippen LogP contribution in [0.5, 0.6) is 0 Å². The molecule has 0 aliphatic carbocycles. The molecule has 5 nitrogen and oxygen atoms in total. The van der Waals surface area contributed by atoms with Crippen LogP contribution in [-0.2, 0) is 6.54 Å². The number of nitrogens with zero attached hydrogens (tertiary/aromatic N) is 4. The number of halogens is 1. The van der Waals surface area contributed by atoms with Crippen LogP contribution in [0.15, 0.2) is 18.5 Å². The molecule has 0 amide bonds. The Morgan fingerprint density at radius 1 is 1.30 bits per heavy atom. The number of pyridine rings is 1. The molecule has 2 aliphatic rings. The lowest BCUT2D eigenvalue weighted by Crippen LogP contribution is -2.28. The minimum Gasteiger partial charge on any atom is -0.316 e. The third-order valence-electron chi connectivity index (χ3n) is 5.23. The van der Waals surface area contributed by atoms with Gasteiger partial charge in [-0.15, -0.1) is 12.4 Å². The number of rotatable bonds is 3. The van der Waals surface area contributed by atoms with Gasteiger partial charge >= 0.3 is 0 Å². The summed E-state index contributed by atoms with van der Waals surface area (Å²) < 4.78 is 1.99. The second-order valence-corrected chi connectivity index (χ2v) is 7.33. The molecule has 6 heteroatoms. The Kier molecular flexibility index (Phi) is 4.63. The second kappa shape index (κ2) is 6.38. The molecule has 4 heterocycles. The first-order valence-electron chi connectivity index (χ1n) is 8.40. The minimum atomic E-state index is 0. The molecule has 4 rings (SSSR count). The fraction of sp³-hybridized carbons (Fsp3) is 0.647. The predicted molar refractivity (Wildman–Crippen MR) is 95.0 cm³/mol. The van der Waals surface area contributed by atoms with Gasteiger partial charge in [0.1, 0.15) is 0 Å². The summed E-state index contributed by atoms with van der Waals surface area (Å²) in [6, 6.07) is 2.61. The van der Waals surface area contributed by atoms with Crippen molar-refractivity contribution >= 4 is 23.4 Å². The van der Waals surface area contributed by atoms with Gasteiger partial charge in [0.05, 0.1) is 6.20 Å². The molecular formula is C17H26ClN5. The molecule has 2 fully saturated rings. The lowest BCUT2D eigenvalue weighted by Gasteiger charge is -2.22. The molecule has 2 saturated heterocycles. The third kappa shape index (κ3) is 3.10. The molecule has 2 aromatic rings. The van der Waals surface area contributed by atoms with Crippen molar-refractivity contribution in [2.24, 2.45) is 5.41 Å². The zero-order valence-corrected chi connectivity index (χ0v) is 14.8. The van der Waals surface area contributed by atoms with E-state index in [1.54, 1.807) is 0 Å². The van der Waals surface area contributed by atoms with E-state index in [1.807, 2.05) is 17.1 Å². The molecule has 0 radical (unpaired) electrons. The third-order valence-corrected chi connectivity index (χ3v) is 5.23. The van der Waals surface area contributed by atoms with Crippen LogP contribution in [0, 0.1) is 5.41 Å². The van der Waals surface area contributed by atoms with E-state index in [4.69, 9.17) is 0 Å². The Morgan fingerprint density at radius 3 is 2.91 bits per heavy atom. The summed E-state index contributed by atoms with van der Waals surface area (Å²) in [5.74, 6) is 0. The first kappa shape index (κ1) is 16.7. The maximum atomic E-state index is 4.65. The Labute approximate surface area is 143 Å². The second-order valence-electron chi connectivity index (χ2n) is 7.33. The molecule has 1 N–H and O–H groups in total. The van der Waals surface area contributed by atoms with Gasteiger partial charge < -0.3 is 5.32 Å². The fourth-order valence-electron chi connectivity index (χ4n) is 4.01. The van der Waals surface area contributed by atoms with Crippen molar-refractivity contribution < 1.29 is 0 Å². The number of likely N-dealkylation sites (tertiary alicyclic amines) is 1. The topological polar surface area (TPSA) is 46.0 Å². The molecule has 0 bridgehead atoms. The molecule has 0 saturated carbocycles. The van der Waals surface area contributed by atoms with Gasteiger partial charge in [-0.1, -0.05) is 0 Å². The van der Waals surface area contributed by atoms with Crippen LogP contribution in [0.25, 0.3) is 11.0 Å².